The van der Waals surface area contributed by atoms with Gasteiger partial charge in [-0.25, -0.2) is 4.98 Å². The normalized spacial score (nSPS) is 15.4. The van der Waals surface area contributed by atoms with Gasteiger partial charge >= 0.3 is 12.4 Å². The molecule has 1 atom stereocenters. The van der Waals surface area contributed by atoms with Crippen molar-refractivity contribution in [1.82, 2.24) is 15.6 Å². The van der Waals surface area contributed by atoms with Crippen LogP contribution in [0.2, 0.25) is 0 Å². The third kappa shape index (κ3) is 7.15. The first-order valence-electron chi connectivity index (χ1n) is 10.3. The summed E-state index contributed by atoms with van der Waals surface area (Å²) in [6.07, 6.45) is -2.57. The Labute approximate surface area is 187 Å². The predicted molar refractivity (Wildman–Crippen MR) is 112 cm³/mol. The summed E-state index contributed by atoms with van der Waals surface area (Å²) in [4.78, 5) is 3.55. The standard InChI is InChI=1S/C23H23F6N3O/c24-22(25,26)18-7-5-16(6-8-18)19-11-17(12-21(32-19)23(27,28)29)20(33)14-31-10-9-30-13-15-3-1-2-4-15/h1-8,11-12,15,20,30-31,33H,9-10,13-14H2/t20-/m1/s1. The van der Waals surface area contributed by atoms with Crippen molar-refractivity contribution < 1.29 is 31.4 Å². The lowest BCUT2D eigenvalue weighted by Gasteiger charge is -2.17. The van der Waals surface area contributed by atoms with E-state index >= 15 is 0 Å². The predicted octanol–water partition coefficient (Wildman–Crippen LogP) is 4.74. The SMILES string of the molecule is O[C@H](CNCCNCC1C=CC=C1)c1cc(-c2ccc(C(F)(F)F)cc2)nc(C(F)(F)F)c1. The van der Waals surface area contributed by atoms with Crippen molar-refractivity contribution in [3.8, 4) is 11.3 Å². The number of hydrogen-bond donors (Lipinski definition) is 3. The molecule has 3 rings (SSSR count). The molecule has 1 aromatic carbocycles. The number of pyridine rings is 1. The van der Waals surface area contributed by atoms with Gasteiger partial charge in [0.25, 0.3) is 0 Å². The smallest absolute Gasteiger partial charge is 0.387 e. The van der Waals surface area contributed by atoms with Gasteiger partial charge in [-0.15, -0.1) is 0 Å². The molecule has 2 aromatic rings. The molecule has 0 bridgehead atoms. The minimum atomic E-state index is -4.78. The van der Waals surface area contributed by atoms with Crippen LogP contribution >= 0.6 is 0 Å². The number of aliphatic hydroxyl groups is 1. The molecule has 0 saturated heterocycles. The van der Waals surface area contributed by atoms with Crippen LogP contribution in [-0.4, -0.2) is 36.3 Å². The maximum atomic E-state index is 13.3. The van der Waals surface area contributed by atoms with Crippen LogP contribution in [0, 0.1) is 5.92 Å². The minimum absolute atomic E-state index is 0.00131. The van der Waals surface area contributed by atoms with Crippen LogP contribution in [0.3, 0.4) is 0 Å². The van der Waals surface area contributed by atoms with Crippen LogP contribution in [-0.2, 0) is 12.4 Å². The lowest BCUT2D eigenvalue weighted by atomic mass is 10.0. The summed E-state index contributed by atoms with van der Waals surface area (Å²) in [7, 11) is 0. The first-order valence-corrected chi connectivity index (χ1v) is 10.3. The molecule has 3 N–H and O–H groups in total. The molecule has 33 heavy (non-hydrogen) atoms. The van der Waals surface area contributed by atoms with Crippen LogP contribution in [0.5, 0.6) is 0 Å². The zero-order valence-corrected chi connectivity index (χ0v) is 17.4. The summed E-state index contributed by atoms with van der Waals surface area (Å²) in [6.45, 7) is 1.84. The summed E-state index contributed by atoms with van der Waals surface area (Å²) < 4.78 is 78.3. The van der Waals surface area contributed by atoms with Crippen LogP contribution in [0.15, 0.2) is 60.7 Å². The molecule has 178 valence electrons. The Morgan fingerprint density at radius 2 is 1.52 bits per heavy atom. The molecule has 10 heteroatoms. The van der Waals surface area contributed by atoms with Gasteiger partial charge in [-0.2, -0.15) is 26.3 Å². The first-order chi connectivity index (χ1) is 15.5. The lowest BCUT2D eigenvalue weighted by Crippen LogP contribution is -2.32. The number of allylic oxidation sites excluding steroid dienone is 2. The van der Waals surface area contributed by atoms with E-state index in [1.165, 1.54) is 6.07 Å². The Kier molecular flexibility index (Phi) is 7.93. The molecule has 1 aromatic heterocycles. The molecule has 1 aliphatic carbocycles. The highest BCUT2D eigenvalue weighted by Gasteiger charge is 2.34. The van der Waals surface area contributed by atoms with Crippen LogP contribution < -0.4 is 10.6 Å². The number of alkyl halides is 6. The summed E-state index contributed by atoms with van der Waals surface area (Å²) in [5.74, 6) is 0.330. The van der Waals surface area contributed by atoms with E-state index in [4.69, 9.17) is 0 Å². The van der Waals surface area contributed by atoms with Crippen molar-refractivity contribution in [3.05, 3.63) is 77.5 Å². The molecular formula is C23H23F6N3O. The zero-order chi connectivity index (χ0) is 24.1. The van der Waals surface area contributed by atoms with Crippen molar-refractivity contribution in [2.45, 2.75) is 18.5 Å². The van der Waals surface area contributed by atoms with Crippen LogP contribution in [0.4, 0.5) is 26.3 Å². The number of rotatable bonds is 9. The Balaban J connectivity index is 1.66. The van der Waals surface area contributed by atoms with Gasteiger partial charge in [0.05, 0.1) is 17.4 Å². The minimum Gasteiger partial charge on any atom is -0.387 e. The number of hydrogen-bond acceptors (Lipinski definition) is 4. The van der Waals surface area contributed by atoms with Crippen molar-refractivity contribution in [2.75, 3.05) is 26.2 Å². The van der Waals surface area contributed by atoms with Gasteiger partial charge < -0.3 is 15.7 Å². The maximum Gasteiger partial charge on any atom is 0.433 e. The van der Waals surface area contributed by atoms with Gasteiger partial charge in [-0.1, -0.05) is 36.4 Å². The fourth-order valence-electron chi connectivity index (χ4n) is 3.28. The molecule has 0 aliphatic heterocycles. The lowest BCUT2D eigenvalue weighted by molar-refractivity contribution is -0.141. The summed E-state index contributed by atoms with van der Waals surface area (Å²) in [6, 6.07) is 5.66. The topological polar surface area (TPSA) is 57.2 Å². The molecule has 0 unspecified atom stereocenters. The number of halogens is 6. The maximum absolute atomic E-state index is 13.3. The zero-order valence-electron chi connectivity index (χ0n) is 17.4. The van der Waals surface area contributed by atoms with Gasteiger partial charge in [0, 0.05) is 37.7 Å². The van der Waals surface area contributed by atoms with E-state index in [2.05, 4.69) is 27.8 Å². The van der Waals surface area contributed by atoms with E-state index in [0.29, 0.717) is 19.0 Å². The van der Waals surface area contributed by atoms with Crippen molar-refractivity contribution in [3.63, 3.8) is 0 Å². The third-order valence-corrected chi connectivity index (χ3v) is 5.05. The van der Waals surface area contributed by atoms with E-state index < -0.39 is 29.7 Å². The average Bonchev–Trinajstić information content (AvgIpc) is 3.28. The second-order valence-electron chi connectivity index (χ2n) is 7.60. The highest BCUT2D eigenvalue weighted by atomic mass is 19.4. The molecule has 0 radical (unpaired) electrons. The van der Waals surface area contributed by atoms with Gasteiger partial charge in [-0.3, -0.25) is 0 Å². The van der Waals surface area contributed by atoms with E-state index in [9.17, 15) is 31.4 Å². The number of aromatic nitrogens is 1. The van der Waals surface area contributed by atoms with E-state index in [0.717, 1.165) is 36.9 Å². The van der Waals surface area contributed by atoms with Gasteiger partial charge in [0.1, 0.15) is 5.69 Å². The van der Waals surface area contributed by atoms with Crippen molar-refractivity contribution >= 4 is 0 Å². The molecule has 0 fully saturated rings. The summed E-state index contributed by atoms with van der Waals surface area (Å²) in [5, 5.41) is 16.6. The third-order valence-electron chi connectivity index (χ3n) is 5.05. The Bertz CT molecular complexity index is 971. The fraction of sp³-hybridized carbons (Fsp3) is 0.348. The fourth-order valence-corrected chi connectivity index (χ4v) is 3.28. The number of nitrogens with one attached hydrogen (secondary N) is 2. The highest BCUT2D eigenvalue weighted by molar-refractivity contribution is 5.61. The molecule has 0 amide bonds. The number of benzene rings is 1. The molecule has 0 saturated carbocycles. The average molecular weight is 471 g/mol. The number of aliphatic hydroxyl groups excluding tert-OH is 1. The first kappa shape index (κ1) is 24.9. The second kappa shape index (κ2) is 10.5. The molecular weight excluding hydrogens is 448 g/mol. The highest BCUT2D eigenvalue weighted by Crippen LogP contribution is 2.34. The van der Waals surface area contributed by atoms with E-state index in [-0.39, 0.29) is 23.4 Å². The Hall–Kier alpha value is -2.69. The van der Waals surface area contributed by atoms with Gasteiger partial charge in [0.15, 0.2) is 0 Å². The number of nitrogens with zero attached hydrogens (tertiary/aromatic N) is 1. The van der Waals surface area contributed by atoms with Crippen molar-refractivity contribution in [1.29, 1.82) is 0 Å². The van der Waals surface area contributed by atoms with E-state index in [1.54, 1.807) is 0 Å². The van der Waals surface area contributed by atoms with Gasteiger partial charge in [0.2, 0.25) is 0 Å². The molecule has 1 heterocycles. The van der Waals surface area contributed by atoms with Gasteiger partial charge in [-0.05, 0) is 29.8 Å². The molecule has 4 nitrogen and oxygen atoms in total. The molecule has 0 spiro atoms. The summed E-state index contributed by atoms with van der Waals surface area (Å²) >= 11 is 0. The molecule has 1 aliphatic rings. The van der Waals surface area contributed by atoms with E-state index in [1.807, 2.05) is 12.2 Å². The monoisotopic (exact) mass is 471 g/mol. The quantitative estimate of drug-likeness (QED) is 0.365. The van der Waals surface area contributed by atoms with Crippen LogP contribution in [0.25, 0.3) is 11.3 Å². The van der Waals surface area contributed by atoms with Crippen LogP contribution in [0.1, 0.15) is 22.9 Å². The largest absolute Gasteiger partial charge is 0.433 e. The summed E-state index contributed by atoms with van der Waals surface area (Å²) in [5.41, 5.74) is -2.28. The Morgan fingerprint density at radius 3 is 2.12 bits per heavy atom. The van der Waals surface area contributed by atoms with Crippen molar-refractivity contribution in [2.24, 2.45) is 5.92 Å². The second-order valence-corrected chi connectivity index (χ2v) is 7.60. The Morgan fingerprint density at radius 1 is 0.879 bits per heavy atom.